The maximum absolute atomic E-state index is 4.50. The summed E-state index contributed by atoms with van der Waals surface area (Å²) in [5, 5.41) is 0. The first-order valence-electron chi connectivity index (χ1n) is 5.80. The Morgan fingerprint density at radius 1 is 1.16 bits per heavy atom. The van der Waals surface area contributed by atoms with Crippen molar-refractivity contribution in [3.05, 3.63) is 34.9 Å². The van der Waals surface area contributed by atoms with Crippen molar-refractivity contribution < 1.29 is 0 Å². The molecular formula is C13H12BrN5. The number of H-pyrrole nitrogens is 1. The maximum atomic E-state index is 4.50. The van der Waals surface area contributed by atoms with Gasteiger partial charge >= 0.3 is 0 Å². The fourth-order valence-electron chi connectivity index (χ4n) is 1.80. The summed E-state index contributed by atoms with van der Waals surface area (Å²) in [6.07, 6.45) is 1.74. The number of aromatic nitrogens is 4. The molecule has 0 aromatic carbocycles. The van der Waals surface area contributed by atoms with Crippen molar-refractivity contribution in [1.82, 2.24) is 19.9 Å². The first-order valence-corrected chi connectivity index (χ1v) is 6.59. The van der Waals surface area contributed by atoms with Crippen molar-refractivity contribution in [3.63, 3.8) is 0 Å². The van der Waals surface area contributed by atoms with Crippen LogP contribution >= 0.6 is 15.9 Å². The lowest BCUT2D eigenvalue weighted by Gasteiger charge is -2.09. The van der Waals surface area contributed by atoms with Gasteiger partial charge in [-0.25, -0.2) is 9.97 Å². The maximum Gasteiger partial charge on any atom is 0.180 e. The molecule has 19 heavy (non-hydrogen) atoms. The number of hydrogen-bond donors (Lipinski definition) is 1. The number of imidazole rings is 1. The van der Waals surface area contributed by atoms with Gasteiger partial charge in [0.05, 0.1) is 5.52 Å². The van der Waals surface area contributed by atoms with Crippen molar-refractivity contribution in [2.24, 2.45) is 0 Å². The minimum Gasteiger partial charge on any atom is -0.363 e. The summed E-state index contributed by atoms with van der Waals surface area (Å²) in [6, 6.07) is 7.75. The monoisotopic (exact) mass is 317 g/mol. The molecule has 0 atom stereocenters. The fraction of sp³-hybridized carbons (Fsp3) is 0.154. The van der Waals surface area contributed by atoms with E-state index in [4.69, 9.17) is 0 Å². The number of anilines is 1. The van der Waals surface area contributed by atoms with Crippen LogP contribution in [0.15, 0.2) is 34.9 Å². The molecule has 3 aromatic heterocycles. The second-order valence-corrected chi connectivity index (χ2v) is 5.21. The van der Waals surface area contributed by atoms with Gasteiger partial charge in [-0.05, 0) is 40.2 Å². The summed E-state index contributed by atoms with van der Waals surface area (Å²) in [6.45, 7) is 0. The highest BCUT2D eigenvalue weighted by Gasteiger charge is 2.11. The van der Waals surface area contributed by atoms with Crippen LogP contribution in [-0.2, 0) is 0 Å². The third kappa shape index (κ3) is 2.19. The molecule has 3 heterocycles. The van der Waals surface area contributed by atoms with E-state index in [-0.39, 0.29) is 0 Å². The number of fused-ring (bicyclic) bond motifs is 1. The molecule has 0 saturated carbocycles. The second kappa shape index (κ2) is 4.62. The van der Waals surface area contributed by atoms with Crippen LogP contribution in [0.3, 0.4) is 0 Å². The van der Waals surface area contributed by atoms with E-state index in [0.29, 0.717) is 11.5 Å². The summed E-state index contributed by atoms with van der Waals surface area (Å²) < 4.78 is 0.905. The van der Waals surface area contributed by atoms with E-state index in [9.17, 15) is 0 Å². The van der Waals surface area contributed by atoms with Crippen LogP contribution in [0.2, 0.25) is 0 Å². The molecule has 1 N–H and O–H groups in total. The number of rotatable bonds is 2. The smallest absolute Gasteiger partial charge is 0.180 e. The summed E-state index contributed by atoms with van der Waals surface area (Å²) in [4.78, 5) is 18.5. The predicted molar refractivity (Wildman–Crippen MR) is 79.1 cm³/mol. The Morgan fingerprint density at radius 3 is 2.74 bits per heavy atom. The standard InChI is InChI=1S/C13H12BrN5/c1-19(2)10-6-5-9-12(17-10)18-13(16-9)11-8(14)4-3-7-15-11/h3-7H,1-2H3,(H,16,17,18). The molecule has 0 amide bonds. The molecule has 96 valence electrons. The van der Waals surface area contributed by atoms with Gasteiger partial charge in [0.15, 0.2) is 11.5 Å². The lowest BCUT2D eigenvalue weighted by atomic mass is 10.3. The fourth-order valence-corrected chi connectivity index (χ4v) is 2.25. The molecule has 5 nitrogen and oxygen atoms in total. The zero-order valence-electron chi connectivity index (χ0n) is 10.6. The van der Waals surface area contributed by atoms with Crippen molar-refractivity contribution in [3.8, 4) is 11.5 Å². The Labute approximate surface area is 118 Å². The van der Waals surface area contributed by atoms with Crippen molar-refractivity contribution >= 4 is 32.9 Å². The summed E-state index contributed by atoms with van der Waals surface area (Å²) in [7, 11) is 3.91. The van der Waals surface area contributed by atoms with Crippen molar-refractivity contribution in [2.75, 3.05) is 19.0 Å². The molecule has 0 bridgehead atoms. The zero-order valence-corrected chi connectivity index (χ0v) is 12.1. The highest BCUT2D eigenvalue weighted by atomic mass is 79.9. The molecule has 0 fully saturated rings. The molecular weight excluding hydrogens is 306 g/mol. The van der Waals surface area contributed by atoms with Crippen LogP contribution in [0.5, 0.6) is 0 Å². The average Bonchev–Trinajstić information content (AvgIpc) is 2.81. The van der Waals surface area contributed by atoms with Crippen LogP contribution < -0.4 is 4.90 Å². The minimum atomic E-state index is 0.693. The molecule has 3 rings (SSSR count). The molecule has 6 heteroatoms. The van der Waals surface area contributed by atoms with Crippen molar-refractivity contribution in [2.45, 2.75) is 0 Å². The van der Waals surface area contributed by atoms with E-state index >= 15 is 0 Å². The summed E-state index contributed by atoms with van der Waals surface area (Å²) in [5.74, 6) is 1.59. The third-order valence-corrected chi connectivity index (χ3v) is 3.41. The molecule has 0 aliphatic rings. The summed E-state index contributed by atoms with van der Waals surface area (Å²) in [5.41, 5.74) is 2.38. The van der Waals surface area contributed by atoms with E-state index in [1.807, 2.05) is 43.3 Å². The largest absolute Gasteiger partial charge is 0.363 e. The van der Waals surface area contributed by atoms with E-state index in [1.165, 1.54) is 0 Å². The number of aromatic amines is 1. The van der Waals surface area contributed by atoms with Crippen LogP contribution in [0.25, 0.3) is 22.7 Å². The van der Waals surface area contributed by atoms with Gasteiger partial charge in [-0.3, -0.25) is 4.98 Å². The topological polar surface area (TPSA) is 57.7 Å². The Hall–Kier alpha value is -1.95. The lowest BCUT2D eigenvalue weighted by molar-refractivity contribution is 1.08. The molecule has 0 radical (unpaired) electrons. The van der Waals surface area contributed by atoms with E-state index in [1.54, 1.807) is 6.20 Å². The number of halogens is 1. The van der Waals surface area contributed by atoms with Crippen LogP contribution in [0.4, 0.5) is 5.82 Å². The predicted octanol–water partition coefficient (Wildman–Crippen LogP) is 2.85. The Bertz CT molecular complexity index is 735. The quantitative estimate of drug-likeness (QED) is 0.789. The van der Waals surface area contributed by atoms with E-state index < -0.39 is 0 Å². The van der Waals surface area contributed by atoms with E-state index in [0.717, 1.165) is 21.5 Å². The van der Waals surface area contributed by atoms with Gasteiger partial charge in [0.1, 0.15) is 11.5 Å². The summed E-state index contributed by atoms with van der Waals surface area (Å²) >= 11 is 3.48. The Morgan fingerprint density at radius 2 is 2.00 bits per heavy atom. The first-order chi connectivity index (χ1) is 9.15. The SMILES string of the molecule is CN(C)c1ccc2[nH]c(-c3ncccc3Br)nc2n1. The highest BCUT2D eigenvalue weighted by molar-refractivity contribution is 9.10. The normalized spacial score (nSPS) is 10.9. The van der Waals surface area contributed by atoms with E-state index in [2.05, 4.69) is 35.9 Å². The zero-order chi connectivity index (χ0) is 13.4. The van der Waals surface area contributed by atoms with Gasteiger partial charge in [-0.2, -0.15) is 0 Å². The second-order valence-electron chi connectivity index (χ2n) is 4.35. The van der Waals surface area contributed by atoms with Crippen LogP contribution in [-0.4, -0.2) is 34.0 Å². The van der Waals surface area contributed by atoms with Gasteiger partial charge in [0.2, 0.25) is 0 Å². The number of nitrogens with zero attached hydrogens (tertiary/aromatic N) is 4. The molecule has 3 aromatic rings. The van der Waals surface area contributed by atoms with Crippen molar-refractivity contribution in [1.29, 1.82) is 0 Å². The van der Waals surface area contributed by atoms with Crippen LogP contribution in [0, 0.1) is 0 Å². The highest BCUT2D eigenvalue weighted by Crippen LogP contribution is 2.25. The Kier molecular flexibility index (Phi) is 2.94. The van der Waals surface area contributed by atoms with Gasteiger partial charge in [0.25, 0.3) is 0 Å². The Balaban J connectivity index is 2.14. The minimum absolute atomic E-state index is 0.693. The molecule has 0 unspecified atom stereocenters. The number of pyridine rings is 2. The van der Waals surface area contributed by atoms with Gasteiger partial charge < -0.3 is 9.88 Å². The number of nitrogens with one attached hydrogen (secondary N) is 1. The molecule has 0 aliphatic heterocycles. The third-order valence-electron chi connectivity index (χ3n) is 2.77. The number of hydrogen-bond acceptors (Lipinski definition) is 4. The molecule has 0 aliphatic carbocycles. The van der Waals surface area contributed by atoms with Crippen LogP contribution in [0.1, 0.15) is 0 Å². The van der Waals surface area contributed by atoms with Gasteiger partial charge in [0, 0.05) is 24.8 Å². The first kappa shape index (κ1) is 12.1. The molecule has 0 saturated heterocycles. The van der Waals surface area contributed by atoms with Gasteiger partial charge in [-0.1, -0.05) is 0 Å². The lowest BCUT2D eigenvalue weighted by Crippen LogP contribution is -2.10. The molecule has 0 spiro atoms. The average molecular weight is 318 g/mol. The van der Waals surface area contributed by atoms with Gasteiger partial charge in [-0.15, -0.1) is 0 Å².